The van der Waals surface area contributed by atoms with E-state index in [1.165, 1.54) is 0 Å². The minimum atomic E-state index is -1.42. The van der Waals surface area contributed by atoms with Crippen molar-refractivity contribution in [2.24, 2.45) is 11.8 Å². The number of hydrogen-bond acceptors (Lipinski definition) is 3. The van der Waals surface area contributed by atoms with Gasteiger partial charge in [-0.05, 0) is 25.2 Å². The van der Waals surface area contributed by atoms with Gasteiger partial charge in [0.15, 0.2) is 6.10 Å². The van der Waals surface area contributed by atoms with E-state index in [-0.39, 0.29) is 25.0 Å². The largest absolute Gasteiger partial charge is 0.479 e. The minimum absolute atomic E-state index is 0.0222. The van der Waals surface area contributed by atoms with Crippen molar-refractivity contribution in [2.75, 3.05) is 13.1 Å². The van der Waals surface area contributed by atoms with Crippen LogP contribution in [-0.4, -0.2) is 52.3 Å². The zero-order valence-corrected chi connectivity index (χ0v) is 11.8. The predicted octanol–water partition coefficient (Wildman–Crippen LogP) is 0.898. The molecule has 0 aromatic carbocycles. The van der Waals surface area contributed by atoms with Crippen LogP contribution in [0.2, 0.25) is 0 Å². The molecule has 0 aliphatic carbocycles. The first kappa shape index (κ1) is 15.8. The fourth-order valence-electron chi connectivity index (χ4n) is 2.52. The summed E-state index contributed by atoms with van der Waals surface area (Å²) in [7, 11) is 0. The second-order valence-corrected chi connectivity index (χ2v) is 5.59. The number of aliphatic carboxylic acids is 1. The zero-order valence-electron chi connectivity index (χ0n) is 11.8. The van der Waals surface area contributed by atoms with E-state index in [1.54, 1.807) is 4.90 Å². The molecule has 4 atom stereocenters. The molecule has 1 aliphatic heterocycles. The van der Waals surface area contributed by atoms with Crippen LogP contribution in [0.3, 0.4) is 0 Å². The van der Waals surface area contributed by atoms with Gasteiger partial charge in [-0.2, -0.15) is 0 Å². The van der Waals surface area contributed by atoms with Crippen molar-refractivity contribution >= 4 is 12.0 Å². The summed E-state index contributed by atoms with van der Waals surface area (Å²) in [6, 6.07) is 0.00378. The molecule has 110 valence electrons. The highest BCUT2D eigenvalue weighted by atomic mass is 16.4. The van der Waals surface area contributed by atoms with Crippen LogP contribution in [0.25, 0.3) is 0 Å². The fourth-order valence-corrected chi connectivity index (χ4v) is 2.52. The summed E-state index contributed by atoms with van der Waals surface area (Å²) in [5.41, 5.74) is 0. The quantitative estimate of drug-likeness (QED) is 0.709. The van der Waals surface area contributed by atoms with Gasteiger partial charge in [0, 0.05) is 25.6 Å². The van der Waals surface area contributed by atoms with Crippen LogP contribution < -0.4 is 5.32 Å². The SMILES string of the molecule is CC1CC(C)C(C)N(C(=O)NCC[C@H](O)C(=O)O)C1. The van der Waals surface area contributed by atoms with E-state index in [1.807, 2.05) is 6.92 Å². The Kier molecular flexibility index (Phi) is 5.60. The molecule has 0 bridgehead atoms. The van der Waals surface area contributed by atoms with Crippen molar-refractivity contribution in [1.29, 1.82) is 0 Å². The summed E-state index contributed by atoms with van der Waals surface area (Å²) < 4.78 is 0. The number of carbonyl (C=O) groups is 2. The van der Waals surface area contributed by atoms with E-state index < -0.39 is 12.1 Å². The maximum atomic E-state index is 12.0. The molecular weight excluding hydrogens is 248 g/mol. The van der Waals surface area contributed by atoms with Gasteiger partial charge in [0.25, 0.3) is 0 Å². The first-order chi connectivity index (χ1) is 8.82. The van der Waals surface area contributed by atoms with Crippen molar-refractivity contribution in [3.8, 4) is 0 Å². The number of urea groups is 1. The number of aliphatic hydroxyl groups excluding tert-OH is 1. The maximum Gasteiger partial charge on any atom is 0.332 e. The minimum Gasteiger partial charge on any atom is -0.479 e. The smallest absolute Gasteiger partial charge is 0.332 e. The first-order valence-electron chi connectivity index (χ1n) is 6.78. The summed E-state index contributed by atoms with van der Waals surface area (Å²) >= 11 is 0. The number of carboxylic acids is 1. The molecule has 6 heteroatoms. The Morgan fingerprint density at radius 3 is 2.58 bits per heavy atom. The van der Waals surface area contributed by atoms with E-state index in [2.05, 4.69) is 19.2 Å². The Labute approximate surface area is 113 Å². The molecule has 2 amide bonds. The lowest BCUT2D eigenvalue weighted by Crippen LogP contribution is -2.52. The molecule has 0 aromatic heterocycles. The van der Waals surface area contributed by atoms with Gasteiger partial charge in [-0.1, -0.05) is 13.8 Å². The van der Waals surface area contributed by atoms with Crippen molar-refractivity contribution in [1.82, 2.24) is 10.2 Å². The fraction of sp³-hybridized carbons (Fsp3) is 0.846. The van der Waals surface area contributed by atoms with E-state index in [0.717, 1.165) is 13.0 Å². The number of rotatable bonds is 4. The maximum absolute atomic E-state index is 12.0. The van der Waals surface area contributed by atoms with Crippen LogP contribution in [0.5, 0.6) is 0 Å². The summed E-state index contributed by atoms with van der Waals surface area (Å²) in [5.74, 6) is -0.330. The standard InChI is InChI=1S/C13H24N2O4/c1-8-6-9(2)10(3)15(7-8)13(19)14-5-4-11(16)12(17)18/h8-11,16H,4-7H2,1-3H3,(H,14,19)(H,17,18)/t8?,9?,10?,11-/m0/s1. The lowest BCUT2D eigenvalue weighted by atomic mass is 9.86. The average Bonchev–Trinajstić information content (AvgIpc) is 2.33. The van der Waals surface area contributed by atoms with Crippen LogP contribution in [0.4, 0.5) is 4.79 Å². The number of piperidine rings is 1. The normalized spacial score (nSPS) is 28.8. The van der Waals surface area contributed by atoms with Gasteiger partial charge < -0.3 is 20.4 Å². The zero-order chi connectivity index (χ0) is 14.6. The monoisotopic (exact) mass is 272 g/mol. The van der Waals surface area contributed by atoms with Crippen LogP contribution in [0.1, 0.15) is 33.6 Å². The Bertz CT molecular complexity index is 335. The van der Waals surface area contributed by atoms with Crippen LogP contribution >= 0.6 is 0 Å². The third-order valence-electron chi connectivity index (χ3n) is 3.84. The van der Waals surface area contributed by atoms with Crippen molar-refractivity contribution in [2.45, 2.75) is 45.8 Å². The van der Waals surface area contributed by atoms with Gasteiger partial charge >= 0.3 is 12.0 Å². The lowest BCUT2D eigenvalue weighted by molar-refractivity contribution is -0.146. The van der Waals surface area contributed by atoms with Crippen molar-refractivity contribution in [3.63, 3.8) is 0 Å². The molecule has 0 saturated carbocycles. The highest BCUT2D eigenvalue weighted by Crippen LogP contribution is 2.26. The molecule has 1 saturated heterocycles. The third-order valence-corrected chi connectivity index (χ3v) is 3.84. The summed E-state index contributed by atoms with van der Waals surface area (Å²) in [6.45, 7) is 7.17. The van der Waals surface area contributed by atoms with Gasteiger partial charge in [0.05, 0.1) is 0 Å². The van der Waals surface area contributed by atoms with Crippen LogP contribution in [0, 0.1) is 11.8 Å². The molecule has 1 heterocycles. The number of amides is 2. The summed E-state index contributed by atoms with van der Waals surface area (Å²) in [4.78, 5) is 24.3. The Balaban J connectivity index is 2.42. The summed E-state index contributed by atoms with van der Waals surface area (Å²) in [5, 5.41) is 20.3. The van der Waals surface area contributed by atoms with Crippen LogP contribution in [-0.2, 0) is 4.79 Å². The Morgan fingerprint density at radius 2 is 2.00 bits per heavy atom. The van der Waals surface area contributed by atoms with Crippen LogP contribution in [0.15, 0.2) is 0 Å². The molecule has 19 heavy (non-hydrogen) atoms. The van der Waals surface area contributed by atoms with Crippen molar-refractivity contribution < 1.29 is 19.8 Å². The summed E-state index contributed by atoms with van der Waals surface area (Å²) in [6.07, 6.45) is -0.284. The molecule has 6 nitrogen and oxygen atoms in total. The molecule has 0 radical (unpaired) electrons. The predicted molar refractivity (Wildman–Crippen MR) is 70.8 cm³/mol. The van der Waals surface area contributed by atoms with Gasteiger partial charge in [0.2, 0.25) is 0 Å². The molecule has 0 aromatic rings. The molecule has 1 rings (SSSR count). The van der Waals surface area contributed by atoms with E-state index in [9.17, 15) is 9.59 Å². The number of hydrogen-bond donors (Lipinski definition) is 3. The highest BCUT2D eigenvalue weighted by molar-refractivity contribution is 5.75. The average molecular weight is 272 g/mol. The number of nitrogens with zero attached hydrogens (tertiary/aromatic N) is 1. The topological polar surface area (TPSA) is 89.9 Å². The van der Waals surface area contributed by atoms with Gasteiger partial charge in [-0.3, -0.25) is 0 Å². The molecule has 3 unspecified atom stereocenters. The number of nitrogens with one attached hydrogen (secondary N) is 1. The second-order valence-electron chi connectivity index (χ2n) is 5.59. The number of carbonyl (C=O) groups excluding carboxylic acids is 1. The first-order valence-corrected chi connectivity index (χ1v) is 6.78. The number of aliphatic hydroxyl groups is 1. The molecular formula is C13H24N2O4. The lowest BCUT2D eigenvalue weighted by Gasteiger charge is -2.41. The highest BCUT2D eigenvalue weighted by Gasteiger charge is 2.31. The van der Waals surface area contributed by atoms with Gasteiger partial charge in [-0.25, -0.2) is 9.59 Å². The van der Waals surface area contributed by atoms with E-state index in [4.69, 9.17) is 10.2 Å². The van der Waals surface area contributed by atoms with Gasteiger partial charge in [-0.15, -0.1) is 0 Å². The van der Waals surface area contributed by atoms with E-state index >= 15 is 0 Å². The van der Waals surface area contributed by atoms with Crippen molar-refractivity contribution in [3.05, 3.63) is 0 Å². The number of carboxylic acid groups (broad SMARTS) is 1. The number of likely N-dealkylation sites (tertiary alicyclic amines) is 1. The third kappa shape index (κ3) is 4.38. The Morgan fingerprint density at radius 1 is 1.37 bits per heavy atom. The second kappa shape index (κ2) is 6.75. The molecule has 3 N–H and O–H groups in total. The molecule has 1 fully saturated rings. The Hall–Kier alpha value is -1.30. The molecule has 1 aliphatic rings. The van der Waals surface area contributed by atoms with E-state index in [0.29, 0.717) is 11.8 Å². The molecule has 0 spiro atoms. The van der Waals surface area contributed by atoms with Gasteiger partial charge in [0.1, 0.15) is 0 Å².